The molecule has 18 heavy (non-hydrogen) atoms. The zero-order chi connectivity index (χ0) is 13.0. The molecule has 2 rings (SSSR count). The second-order valence-electron chi connectivity index (χ2n) is 4.96. The summed E-state index contributed by atoms with van der Waals surface area (Å²) in [5.74, 6) is 0. The van der Waals surface area contributed by atoms with Gasteiger partial charge in [-0.2, -0.15) is 0 Å². The van der Waals surface area contributed by atoms with Crippen molar-refractivity contribution in [3.8, 4) is 0 Å². The molecule has 0 saturated heterocycles. The molecule has 1 aliphatic rings. The molecule has 3 N–H and O–H groups in total. The minimum Gasteiger partial charge on any atom is -0.394 e. The molecule has 1 unspecified atom stereocenters. The number of aliphatic hydroxyl groups is 2. The van der Waals surface area contributed by atoms with Crippen LogP contribution in [0.1, 0.15) is 17.5 Å². The van der Waals surface area contributed by atoms with E-state index in [1.54, 1.807) is 0 Å². The van der Waals surface area contributed by atoms with Crippen LogP contribution < -0.4 is 10.2 Å². The molecule has 0 amide bonds. The fraction of sp³-hybridized carbons (Fsp3) is 0.571. The molecule has 1 aromatic rings. The van der Waals surface area contributed by atoms with Crippen molar-refractivity contribution in [2.24, 2.45) is 0 Å². The van der Waals surface area contributed by atoms with Gasteiger partial charge in [-0.05, 0) is 30.0 Å². The first-order chi connectivity index (χ1) is 8.70. The van der Waals surface area contributed by atoms with Crippen LogP contribution >= 0.6 is 0 Å². The van der Waals surface area contributed by atoms with E-state index in [0.717, 1.165) is 19.5 Å². The first-order valence-electron chi connectivity index (χ1n) is 6.53. The van der Waals surface area contributed by atoms with Crippen LogP contribution in [0.3, 0.4) is 0 Å². The Kier molecular flexibility index (Phi) is 4.58. The Balaban J connectivity index is 1.94. The van der Waals surface area contributed by atoms with E-state index in [-0.39, 0.29) is 6.61 Å². The standard InChI is InChI=1S/C14H22N2O2/c1-16-6-2-3-12-7-11(4-5-14(12)16)8-15-9-13(18)10-17/h4-5,7,13,15,17-18H,2-3,6,8-10H2,1H3. The van der Waals surface area contributed by atoms with Gasteiger partial charge in [-0.15, -0.1) is 0 Å². The SMILES string of the molecule is CN1CCCc2cc(CNCC(O)CO)ccc21. The fourth-order valence-corrected chi connectivity index (χ4v) is 2.40. The minimum atomic E-state index is -0.672. The van der Waals surface area contributed by atoms with E-state index in [1.807, 2.05) is 0 Å². The Bertz CT molecular complexity index is 395. The molecular weight excluding hydrogens is 228 g/mol. The Morgan fingerprint density at radius 3 is 3.06 bits per heavy atom. The van der Waals surface area contributed by atoms with Crippen molar-refractivity contribution in [3.63, 3.8) is 0 Å². The smallest absolute Gasteiger partial charge is 0.0895 e. The first-order valence-corrected chi connectivity index (χ1v) is 6.53. The lowest BCUT2D eigenvalue weighted by Crippen LogP contribution is -2.29. The highest BCUT2D eigenvalue weighted by atomic mass is 16.3. The molecule has 1 aromatic carbocycles. The van der Waals surface area contributed by atoms with Crippen molar-refractivity contribution in [1.29, 1.82) is 0 Å². The maximum atomic E-state index is 9.24. The molecule has 0 bridgehead atoms. The summed E-state index contributed by atoms with van der Waals surface area (Å²) in [5.41, 5.74) is 3.97. The van der Waals surface area contributed by atoms with Crippen molar-refractivity contribution in [1.82, 2.24) is 5.32 Å². The van der Waals surface area contributed by atoms with Crippen molar-refractivity contribution < 1.29 is 10.2 Å². The van der Waals surface area contributed by atoms with Gasteiger partial charge in [0.2, 0.25) is 0 Å². The zero-order valence-corrected chi connectivity index (χ0v) is 10.9. The number of hydrogen-bond donors (Lipinski definition) is 3. The maximum absolute atomic E-state index is 9.24. The molecule has 0 aromatic heterocycles. The molecule has 0 radical (unpaired) electrons. The summed E-state index contributed by atoms with van der Waals surface area (Å²) in [4.78, 5) is 2.30. The Labute approximate surface area is 108 Å². The van der Waals surface area contributed by atoms with Crippen molar-refractivity contribution in [3.05, 3.63) is 29.3 Å². The third kappa shape index (κ3) is 3.22. The molecule has 4 nitrogen and oxygen atoms in total. The van der Waals surface area contributed by atoms with Crippen LogP contribution in [-0.4, -0.2) is 43.1 Å². The largest absolute Gasteiger partial charge is 0.394 e. The van der Waals surface area contributed by atoms with Crippen LogP contribution in [0.5, 0.6) is 0 Å². The van der Waals surface area contributed by atoms with Gasteiger partial charge in [0.25, 0.3) is 0 Å². The quantitative estimate of drug-likeness (QED) is 0.713. The Hall–Kier alpha value is -1.10. The Morgan fingerprint density at radius 2 is 2.28 bits per heavy atom. The lowest BCUT2D eigenvalue weighted by atomic mass is 9.99. The number of aliphatic hydroxyl groups excluding tert-OH is 2. The number of benzene rings is 1. The molecule has 1 atom stereocenters. The topological polar surface area (TPSA) is 55.7 Å². The van der Waals surface area contributed by atoms with E-state index in [0.29, 0.717) is 6.54 Å². The summed E-state index contributed by atoms with van der Waals surface area (Å²) in [6.07, 6.45) is 1.69. The van der Waals surface area contributed by atoms with Gasteiger partial charge in [-0.1, -0.05) is 12.1 Å². The van der Waals surface area contributed by atoms with Crippen molar-refractivity contribution >= 4 is 5.69 Å². The average Bonchev–Trinajstić information content (AvgIpc) is 2.38. The number of aryl methyl sites for hydroxylation is 1. The summed E-state index contributed by atoms with van der Waals surface area (Å²) in [5, 5.41) is 21.1. The number of hydrogen-bond acceptors (Lipinski definition) is 4. The van der Waals surface area contributed by atoms with Crippen LogP contribution in [0.25, 0.3) is 0 Å². The van der Waals surface area contributed by atoms with E-state index < -0.39 is 6.10 Å². The molecule has 1 heterocycles. The molecule has 0 saturated carbocycles. The zero-order valence-electron chi connectivity index (χ0n) is 10.9. The highest BCUT2D eigenvalue weighted by Crippen LogP contribution is 2.26. The summed E-state index contributed by atoms with van der Waals surface area (Å²) >= 11 is 0. The average molecular weight is 250 g/mol. The van der Waals surface area contributed by atoms with Gasteiger partial charge in [0.05, 0.1) is 12.7 Å². The lowest BCUT2D eigenvalue weighted by Gasteiger charge is -2.27. The maximum Gasteiger partial charge on any atom is 0.0895 e. The summed E-state index contributed by atoms with van der Waals surface area (Å²) in [6.45, 7) is 2.09. The second kappa shape index (κ2) is 6.18. The summed E-state index contributed by atoms with van der Waals surface area (Å²) in [6, 6.07) is 6.54. The van der Waals surface area contributed by atoms with Gasteiger partial charge >= 0.3 is 0 Å². The predicted octanol–water partition coefficient (Wildman–Crippen LogP) is 0.512. The van der Waals surface area contributed by atoms with Gasteiger partial charge in [0.1, 0.15) is 0 Å². The van der Waals surface area contributed by atoms with Gasteiger partial charge in [-0.25, -0.2) is 0 Å². The molecular formula is C14H22N2O2. The normalized spacial score (nSPS) is 16.5. The highest BCUT2D eigenvalue weighted by molar-refractivity contribution is 5.56. The summed E-state index contributed by atoms with van der Waals surface area (Å²) in [7, 11) is 2.13. The predicted molar refractivity (Wildman–Crippen MR) is 72.8 cm³/mol. The van der Waals surface area contributed by atoms with E-state index in [1.165, 1.54) is 23.2 Å². The minimum absolute atomic E-state index is 0.192. The number of nitrogens with zero attached hydrogens (tertiary/aromatic N) is 1. The van der Waals surface area contributed by atoms with Crippen molar-refractivity contribution in [2.45, 2.75) is 25.5 Å². The molecule has 1 aliphatic heterocycles. The van der Waals surface area contributed by atoms with Gasteiger partial charge in [0.15, 0.2) is 0 Å². The van der Waals surface area contributed by atoms with Crippen LogP contribution in [0, 0.1) is 0 Å². The molecule has 4 heteroatoms. The molecule has 0 spiro atoms. The third-order valence-electron chi connectivity index (χ3n) is 3.41. The van der Waals surface area contributed by atoms with Gasteiger partial charge in [0, 0.05) is 32.4 Å². The second-order valence-corrected chi connectivity index (χ2v) is 4.96. The van der Waals surface area contributed by atoms with E-state index in [9.17, 15) is 5.11 Å². The van der Waals surface area contributed by atoms with Crippen LogP contribution in [0.15, 0.2) is 18.2 Å². The monoisotopic (exact) mass is 250 g/mol. The number of nitrogens with one attached hydrogen (secondary N) is 1. The first kappa shape index (κ1) is 13.3. The van der Waals surface area contributed by atoms with Crippen LogP contribution in [0.2, 0.25) is 0 Å². The van der Waals surface area contributed by atoms with Crippen molar-refractivity contribution in [2.75, 3.05) is 31.6 Å². The van der Waals surface area contributed by atoms with Gasteiger partial charge in [-0.3, -0.25) is 0 Å². The van der Waals surface area contributed by atoms with E-state index >= 15 is 0 Å². The van der Waals surface area contributed by atoms with E-state index in [4.69, 9.17) is 5.11 Å². The molecule has 0 aliphatic carbocycles. The van der Waals surface area contributed by atoms with Gasteiger partial charge < -0.3 is 20.4 Å². The molecule has 0 fully saturated rings. The Morgan fingerprint density at radius 1 is 1.44 bits per heavy atom. The van der Waals surface area contributed by atoms with Crippen LogP contribution in [-0.2, 0) is 13.0 Å². The van der Waals surface area contributed by atoms with Crippen LogP contribution in [0.4, 0.5) is 5.69 Å². The van der Waals surface area contributed by atoms with E-state index in [2.05, 4.69) is 35.5 Å². The summed E-state index contributed by atoms with van der Waals surface area (Å²) < 4.78 is 0. The number of anilines is 1. The number of fused-ring (bicyclic) bond motifs is 1. The fourth-order valence-electron chi connectivity index (χ4n) is 2.40. The highest BCUT2D eigenvalue weighted by Gasteiger charge is 2.13. The third-order valence-corrected chi connectivity index (χ3v) is 3.41. The molecule has 100 valence electrons. The number of rotatable bonds is 5. The lowest BCUT2D eigenvalue weighted by molar-refractivity contribution is 0.0942.